The van der Waals surface area contributed by atoms with Crippen molar-refractivity contribution in [2.75, 3.05) is 6.61 Å². The summed E-state index contributed by atoms with van der Waals surface area (Å²) in [5, 5.41) is 0. The van der Waals surface area contributed by atoms with Gasteiger partial charge >= 0.3 is 5.97 Å². The first-order valence-corrected chi connectivity index (χ1v) is 7.12. The molecule has 0 aliphatic heterocycles. The second kappa shape index (κ2) is 5.89. The SMILES string of the molecule is CCC[C@@H](C)C(=O)OCC(=O)C1(C)CC=CC1(C)C. The van der Waals surface area contributed by atoms with Gasteiger partial charge < -0.3 is 4.74 Å². The zero-order chi connectivity index (χ0) is 14.7. The maximum absolute atomic E-state index is 12.4. The van der Waals surface area contributed by atoms with Crippen molar-refractivity contribution >= 4 is 11.8 Å². The minimum absolute atomic E-state index is 0.0135. The van der Waals surface area contributed by atoms with Crippen LogP contribution in [0.15, 0.2) is 12.2 Å². The van der Waals surface area contributed by atoms with Crippen LogP contribution in [0.1, 0.15) is 53.9 Å². The van der Waals surface area contributed by atoms with E-state index in [0.29, 0.717) is 0 Å². The summed E-state index contributed by atoms with van der Waals surface area (Å²) in [6.07, 6.45) is 6.59. The van der Waals surface area contributed by atoms with Crippen LogP contribution in [0, 0.1) is 16.7 Å². The molecular formula is C16H26O3. The Morgan fingerprint density at radius 2 is 1.95 bits per heavy atom. The van der Waals surface area contributed by atoms with Gasteiger partial charge in [-0.1, -0.05) is 53.2 Å². The first-order chi connectivity index (χ1) is 8.74. The molecule has 1 aliphatic carbocycles. The first kappa shape index (κ1) is 15.9. The van der Waals surface area contributed by atoms with Crippen LogP contribution in [-0.2, 0) is 14.3 Å². The number of hydrogen-bond donors (Lipinski definition) is 0. The number of ketones is 1. The normalized spacial score (nSPS) is 26.2. The predicted octanol–water partition coefficient (Wildman–Crippen LogP) is 3.53. The quantitative estimate of drug-likeness (QED) is 0.545. The molecule has 3 nitrogen and oxygen atoms in total. The third kappa shape index (κ3) is 3.26. The van der Waals surface area contributed by atoms with E-state index in [-0.39, 0.29) is 29.7 Å². The lowest BCUT2D eigenvalue weighted by Gasteiger charge is -2.36. The van der Waals surface area contributed by atoms with Gasteiger partial charge in [-0.05, 0) is 18.3 Å². The lowest BCUT2D eigenvalue weighted by atomic mass is 9.66. The minimum atomic E-state index is -0.457. The van der Waals surface area contributed by atoms with E-state index in [1.54, 1.807) is 0 Å². The molecule has 0 amide bonds. The molecule has 19 heavy (non-hydrogen) atoms. The van der Waals surface area contributed by atoms with Gasteiger partial charge in [0.2, 0.25) is 0 Å². The summed E-state index contributed by atoms with van der Waals surface area (Å²) in [5.74, 6) is -0.373. The van der Waals surface area contributed by atoms with E-state index in [1.165, 1.54) is 0 Å². The van der Waals surface area contributed by atoms with Gasteiger partial charge in [0.05, 0.1) is 5.92 Å². The van der Waals surface area contributed by atoms with E-state index in [2.05, 4.69) is 19.9 Å². The van der Waals surface area contributed by atoms with E-state index in [9.17, 15) is 9.59 Å². The van der Waals surface area contributed by atoms with Crippen molar-refractivity contribution in [2.45, 2.75) is 53.9 Å². The van der Waals surface area contributed by atoms with Crippen LogP contribution in [0.25, 0.3) is 0 Å². The molecule has 0 fully saturated rings. The van der Waals surface area contributed by atoms with Gasteiger partial charge in [-0.15, -0.1) is 0 Å². The van der Waals surface area contributed by atoms with Gasteiger partial charge in [0, 0.05) is 5.41 Å². The molecule has 0 aromatic carbocycles. The molecule has 0 saturated heterocycles. The summed E-state index contributed by atoms with van der Waals surface area (Å²) >= 11 is 0. The second-order valence-electron chi connectivity index (χ2n) is 6.38. The Hall–Kier alpha value is -1.12. The van der Waals surface area contributed by atoms with Crippen LogP contribution in [0.3, 0.4) is 0 Å². The minimum Gasteiger partial charge on any atom is -0.457 e. The average Bonchev–Trinajstić information content (AvgIpc) is 2.61. The highest BCUT2D eigenvalue weighted by molar-refractivity contribution is 5.89. The summed E-state index contributed by atoms with van der Waals surface area (Å²) < 4.78 is 5.17. The Morgan fingerprint density at radius 3 is 2.42 bits per heavy atom. The Balaban J connectivity index is 2.55. The van der Waals surface area contributed by atoms with E-state index >= 15 is 0 Å². The zero-order valence-corrected chi connectivity index (χ0v) is 12.8. The molecule has 2 atom stereocenters. The fourth-order valence-corrected chi connectivity index (χ4v) is 2.50. The average molecular weight is 266 g/mol. The summed E-state index contributed by atoms with van der Waals surface area (Å²) in [6, 6.07) is 0. The molecule has 1 unspecified atom stereocenters. The summed E-state index contributed by atoms with van der Waals surface area (Å²) in [5.41, 5.74) is -0.632. The van der Waals surface area contributed by atoms with E-state index in [4.69, 9.17) is 4.74 Å². The molecule has 0 N–H and O–H groups in total. The van der Waals surface area contributed by atoms with Crippen molar-refractivity contribution < 1.29 is 14.3 Å². The first-order valence-electron chi connectivity index (χ1n) is 7.12. The van der Waals surface area contributed by atoms with Crippen molar-refractivity contribution in [3.05, 3.63) is 12.2 Å². The molecule has 0 aromatic rings. The van der Waals surface area contributed by atoms with Crippen LogP contribution < -0.4 is 0 Å². The molecule has 0 spiro atoms. The van der Waals surface area contributed by atoms with Gasteiger partial charge in [0.15, 0.2) is 12.4 Å². The fourth-order valence-electron chi connectivity index (χ4n) is 2.50. The van der Waals surface area contributed by atoms with Crippen molar-refractivity contribution in [1.29, 1.82) is 0 Å². The Kier molecular flexibility index (Phi) is 4.94. The van der Waals surface area contributed by atoms with Crippen molar-refractivity contribution in [1.82, 2.24) is 0 Å². The van der Waals surface area contributed by atoms with Gasteiger partial charge in [-0.25, -0.2) is 0 Å². The lowest BCUT2D eigenvalue weighted by molar-refractivity contribution is -0.155. The van der Waals surface area contributed by atoms with Crippen LogP contribution >= 0.6 is 0 Å². The number of allylic oxidation sites excluding steroid dienone is 2. The summed E-state index contributed by atoms with van der Waals surface area (Å²) in [6.45, 7) is 9.83. The molecule has 0 radical (unpaired) electrons. The Bertz CT molecular complexity index is 381. The van der Waals surface area contributed by atoms with Gasteiger partial charge in [0.25, 0.3) is 0 Å². The molecule has 0 heterocycles. The molecule has 108 valence electrons. The number of hydrogen-bond acceptors (Lipinski definition) is 3. The lowest BCUT2D eigenvalue weighted by Crippen LogP contribution is -2.40. The number of carbonyl (C=O) groups excluding carboxylic acids is 2. The second-order valence-corrected chi connectivity index (χ2v) is 6.38. The smallest absolute Gasteiger partial charge is 0.309 e. The molecular weight excluding hydrogens is 240 g/mol. The standard InChI is InChI=1S/C16H26O3/c1-6-8-12(2)14(18)19-11-13(17)16(5)10-7-9-15(16,3)4/h7,9,12H,6,8,10-11H2,1-5H3/t12-,16?/m1/s1. The predicted molar refractivity (Wildman–Crippen MR) is 75.7 cm³/mol. The number of ether oxygens (including phenoxy) is 1. The molecule has 0 aromatic heterocycles. The van der Waals surface area contributed by atoms with Gasteiger partial charge in [-0.2, -0.15) is 0 Å². The van der Waals surface area contributed by atoms with Gasteiger partial charge in [0.1, 0.15) is 0 Å². The van der Waals surface area contributed by atoms with Crippen molar-refractivity contribution in [3.8, 4) is 0 Å². The van der Waals surface area contributed by atoms with Gasteiger partial charge in [-0.3, -0.25) is 9.59 Å². The molecule has 1 aliphatic rings. The third-order valence-corrected chi connectivity index (χ3v) is 4.57. The maximum Gasteiger partial charge on any atom is 0.309 e. The van der Waals surface area contributed by atoms with Crippen LogP contribution in [0.2, 0.25) is 0 Å². The summed E-state index contributed by atoms with van der Waals surface area (Å²) in [7, 11) is 0. The molecule has 3 heteroatoms. The largest absolute Gasteiger partial charge is 0.457 e. The maximum atomic E-state index is 12.4. The number of Topliss-reactive ketones (excluding diaryl/α,β-unsaturated/α-hetero) is 1. The Labute approximate surface area is 116 Å². The monoisotopic (exact) mass is 266 g/mol. The highest BCUT2D eigenvalue weighted by Gasteiger charge is 2.47. The molecule has 0 bridgehead atoms. The van der Waals surface area contributed by atoms with Crippen LogP contribution in [-0.4, -0.2) is 18.4 Å². The van der Waals surface area contributed by atoms with E-state index < -0.39 is 5.41 Å². The number of rotatable bonds is 6. The fraction of sp³-hybridized carbons (Fsp3) is 0.750. The van der Waals surface area contributed by atoms with Crippen molar-refractivity contribution in [2.24, 2.45) is 16.7 Å². The third-order valence-electron chi connectivity index (χ3n) is 4.57. The van der Waals surface area contributed by atoms with E-state index in [1.807, 2.05) is 26.8 Å². The topological polar surface area (TPSA) is 43.4 Å². The highest BCUT2D eigenvalue weighted by atomic mass is 16.5. The number of carbonyl (C=O) groups is 2. The van der Waals surface area contributed by atoms with Crippen LogP contribution in [0.4, 0.5) is 0 Å². The highest BCUT2D eigenvalue weighted by Crippen LogP contribution is 2.48. The molecule has 1 rings (SSSR count). The number of esters is 1. The Morgan fingerprint density at radius 1 is 1.32 bits per heavy atom. The zero-order valence-electron chi connectivity index (χ0n) is 12.8. The molecule has 0 saturated carbocycles. The van der Waals surface area contributed by atoms with Crippen LogP contribution in [0.5, 0.6) is 0 Å². The summed E-state index contributed by atoms with van der Waals surface area (Å²) in [4.78, 5) is 24.1. The van der Waals surface area contributed by atoms with Crippen molar-refractivity contribution in [3.63, 3.8) is 0 Å². The van der Waals surface area contributed by atoms with E-state index in [0.717, 1.165) is 19.3 Å².